The van der Waals surface area contributed by atoms with Crippen LogP contribution in [0.5, 0.6) is 0 Å². The summed E-state index contributed by atoms with van der Waals surface area (Å²) >= 11 is 3.29. The summed E-state index contributed by atoms with van der Waals surface area (Å²) in [6.07, 6.45) is 0. The van der Waals surface area contributed by atoms with Crippen LogP contribution in [0, 0.1) is 28.4 Å². The quantitative estimate of drug-likeness (QED) is 0.350. The number of anilines is 1. The van der Waals surface area contributed by atoms with Crippen molar-refractivity contribution in [3.63, 3.8) is 0 Å². The first-order chi connectivity index (χ1) is 16.2. The molecule has 0 aromatic heterocycles. The van der Waals surface area contributed by atoms with Crippen molar-refractivity contribution < 1.29 is 24.0 Å². The van der Waals surface area contributed by atoms with Gasteiger partial charge in [0.2, 0.25) is 0 Å². The number of nitro groups is 1. The molecule has 2 aromatic carbocycles. The number of hydrogen-bond acceptors (Lipinski definition) is 9. The number of nitriles is 1. The molecule has 1 aliphatic heterocycles. The summed E-state index contributed by atoms with van der Waals surface area (Å²) in [6, 6.07) is 13.2. The minimum atomic E-state index is -1.03. The largest absolute Gasteiger partial charge is 0.466 e. The van der Waals surface area contributed by atoms with Crippen LogP contribution in [0.4, 0.5) is 11.4 Å². The molecule has 0 radical (unpaired) electrons. The lowest BCUT2D eigenvalue weighted by Crippen LogP contribution is -2.40. The maximum Gasteiger partial charge on any atom is 0.355 e. The van der Waals surface area contributed by atoms with E-state index in [4.69, 9.17) is 15.2 Å². The predicted octanol–water partition coefficient (Wildman–Crippen LogP) is 3.56. The lowest BCUT2D eigenvalue weighted by molar-refractivity contribution is -0.385. The van der Waals surface area contributed by atoms with Crippen LogP contribution in [-0.4, -0.2) is 31.1 Å². The van der Waals surface area contributed by atoms with Gasteiger partial charge in [-0.2, -0.15) is 5.26 Å². The molecule has 1 heterocycles. The molecule has 0 fully saturated rings. The van der Waals surface area contributed by atoms with E-state index in [2.05, 4.69) is 15.9 Å². The van der Waals surface area contributed by atoms with Gasteiger partial charge in [0.15, 0.2) is 0 Å². The second kappa shape index (κ2) is 9.76. The number of rotatable bonds is 5. The fraction of sp³-hybridized carbons (Fsp3) is 0.174. The Morgan fingerprint density at radius 2 is 1.79 bits per heavy atom. The number of hydrogen-bond donors (Lipinski definition) is 1. The number of ether oxygens (including phenoxy) is 2. The van der Waals surface area contributed by atoms with Gasteiger partial charge in [-0.1, -0.05) is 46.3 Å². The normalized spacial score (nSPS) is 15.6. The summed E-state index contributed by atoms with van der Waals surface area (Å²) in [7, 11) is 2.25. The van der Waals surface area contributed by atoms with Crippen molar-refractivity contribution in [2.75, 3.05) is 19.1 Å². The van der Waals surface area contributed by atoms with Crippen LogP contribution in [0.2, 0.25) is 0 Å². The first-order valence-electron chi connectivity index (χ1n) is 9.78. The Morgan fingerprint density at radius 3 is 2.32 bits per heavy atom. The van der Waals surface area contributed by atoms with Crippen LogP contribution >= 0.6 is 15.9 Å². The third kappa shape index (κ3) is 4.11. The van der Waals surface area contributed by atoms with E-state index in [-0.39, 0.29) is 34.0 Å². The van der Waals surface area contributed by atoms with Crippen molar-refractivity contribution in [2.24, 2.45) is 5.73 Å². The monoisotopic (exact) mass is 526 g/mol. The third-order valence-electron chi connectivity index (χ3n) is 5.37. The molecular formula is C23H19BrN4O6. The summed E-state index contributed by atoms with van der Waals surface area (Å²) in [6.45, 7) is 1.55. The summed E-state index contributed by atoms with van der Waals surface area (Å²) in [5.41, 5.74) is 6.52. The molecule has 34 heavy (non-hydrogen) atoms. The number of nitrogens with two attached hydrogens (primary N) is 1. The maximum absolute atomic E-state index is 13.0. The highest BCUT2D eigenvalue weighted by Crippen LogP contribution is 2.44. The molecule has 2 aromatic rings. The fourth-order valence-electron chi connectivity index (χ4n) is 3.75. The number of esters is 2. The molecule has 0 bridgehead atoms. The molecule has 11 heteroatoms. The van der Waals surface area contributed by atoms with Crippen LogP contribution in [0.25, 0.3) is 0 Å². The van der Waals surface area contributed by atoms with Crippen molar-refractivity contribution in [1.29, 1.82) is 5.26 Å². The smallest absolute Gasteiger partial charge is 0.355 e. The van der Waals surface area contributed by atoms with Gasteiger partial charge in [-0.05, 0) is 18.6 Å². The highest BCUT2D eigenvalue weighted by Gasteiger charge is 2.43. The average Bonchev–Trinajstić information content (AvgIpc) is 2.84. The van der Waals surface area contributed by atoms with E-state index in [9.17, 15) is 25.0 Å². The van der Waals surface area contributed by atoms with E-state index in [1.165, 1.54) is 12.1 Å². The second-order valence-electron chi connectivity index (χ2n) is 7.16. The van der Waals surface area contributed by atoms with Crippen LogP contribution in [-0.2, 0) is 19.1 Å². The number of benzene rings is 2. The number of carbonyl (C=O) groups excluding carboxylic acids is 2. The topological polar surface area (TPSA) is 149 Å². The van der Waals surface area contributed by atoms with Gasteiger partial charge in [-0.15, -0.1) is 0 Å². The van der Waals surface area contributed by atoms with Crippen molar-refractivity contribution in [3.8, 4) is 6.07 Å². The minimum Gasteiger partial charge on any atom is -0.466 e. The Hall–Kier alpha value is -4.17. The third-order valence-corrected chi connectivity index (χ3v) is 6.19. The number of nitro benzene ring substituents is 1. The van der Waals surface area contributed by atoms with E-state index >= 15 is 0 Å². The first kappa shape index (κ1) is 24.5. The number of nitrogens with zero attached hydrogens (tertiary/aromatic N) is 3. The zero-order valence-electron chi connectivity index (χ0n) is 18.4. The molecule has 0 spiro atoms. The Bertz CT molecular complexity index is 1300. The maximum atomic E-state index is 13.0. The zero-order valence-corrected chi connectivity index (χ0v) is 20.0. The van der Waals surface area contributed by atoms with Crippen LogP contribution < -0.4 is 10.6 Å². The van der Waals surface area contributed by atoms with Crippen LogP contribution in [0.1, 0.15) is 17.0 Å². The summed E-state index contributed by atoms with van der Waals surface area (Å²) in [5, 5.41) is 21.7. The van der Waals surface area contributed by atoms with Gasteiger partial charge in [0.1, 0.15) is 11.5 Å². The Labute approximate surface area is 203 Å². The molecule has 1 unspecified atom stereocenters. The van der Waals surface area contributed by atoms with Crippen molar-refractivity contribution in [2.45, 2.75) is 12.8 Å². The molecular weight excluding hydrogens is 508 g/mol. The molecule has 0 amide bonds. The van der Waals surface area contributed by atoms with Gasteiger partial charge in [0.25, 0.3) is 5.69 Å². The van der Waals surface area contributed by atoms with E-state index < -0.39 is 22.8 Å². The van der Waals surface area contributed by atoms with Crippen LogP contribution in [0.15, 0.2) is 69.6 Å². The summed E-state index contributed by atoms with van der Waals surface area (Å²) in [5.74, 6) is -3.05. The van der Waals surface area contributed by atoms with Gasteiger partial charge in [0.05, 0.1) is 48.0 Å². The van der Waals surface area contributed by atoms with Crippen molar-refractivity contribution >= 4 is 39.2 Å². The van der Waals surface area contributed by atoms with Crippen molar-refractivity contribution in [3.05, 3.63) is 90.8 Å². The molecule has 2 N–H and O–H groups in total. The number of halogens is 1. The predicted molar refractivity (Wildman–Crippen MR) is 125 cm³/mol. The lowest BCUT2D eigenvalue weighted by atomic mass is 9.81. The second-order valence-corrected chi connectivity index (χ2v) is 8.02. The average molecular weight is 527 g/mol. The fourth-order valence-corrected chi connectivity index (χ4v) is 4.19. The van der Waals surface area contributed by atoms with E-state index in [1.807, 2.05) is 6.07 Å². The highest BCUT2D eigenvalue weighted by atomic mass is 79.9. The Balaban J connectivity index is 2.46. The van der Waals surface area contributed by atoms with E-state index in [0.29, 0.717) is 15.6 Å². The number of carbonyl (C=O) groups is 2. The number of methoxy groups -OCH3 is 2. The summed E-state index contributed by atoms with van der Waals surface area (Å²) < 4.78 is 10.3. The van der Waals surface area contributed by atoms with Crippen molar-refractivity contribution in [1.82, 2.24) is 0 Å². The molecule has 174 valence electrons. The minimum absolute atomic E-state index is 0.0430. The van der Waals surface area contributed by atoms with Gasteiger partial charge < -0.3 is 15.2 Å². The SMILES string of the molecule is COC(=O)C1=C(C(=O)OC)N(c2cc(Br)c(C)c([N+](=O)[O-])c2)C(N)=C(C#N)C1c1ccccc1. The first-order valence-corrected chi connectivity index (χ1v) is 10.6. The Morgan fingerprint density at radius 1 is 1.18 bits per heavy atom. The highest BCUT2D eigenvalue weighted by molar-refractivity contribution is 9.10. The number of allylic oxidation sites excluding steroid dienone is 1. The molecule has 0 saturated carbocycles. The lowest BCUT2D eigenvalue weighted by Gasteiger charge is -2.36. The van der Waals surface area contributed by atoms with E-state index in [1.54, 1.807) is 37.3 Å². The molecule has 3 rings (SSSR count). The van der Waals surface area contributed by atoms with Gasteiger partial charge in [-0.25, -0.2) is 9.59 Å². The zero-order chi connectivity index (χ0) is 25.2. The molecule has 0 aliphatic carbocycles. The standard InChI is InChI=1S/C23H19BrN4O6/c1-12-16(24)9-14(10-17(12)28(31)32)27-20(23(30)34-3)19(22(29)33-2)18(15(11-25)21(27)26)13-7-5-4-6-8-13/h4-10,18H,26H2,1-3H3. The molecule has 10 nitrogen and oxygen atoms in total. The molecule has 0 saturated heterocycles. The van der Waals surface area contributed by atoms with Gasteiger partial charge in [0, 0.05) is 16.1 Å². The van der Waals surface area contributed by atoms with E-state index in [0.717, 1.165) is 19.1 Å². The molecule has 1 atom stereocenters. The van der Waals surface area contributed by atoms with Gasteiger partial charge in [-0.3, -0.25) is 15.0 Å². The molecule has 1 aliphatic rings. The summed E-state index contributed by atoms with van der Waals surface area (Å²) in [4.78, 5) is 38.2. The van der Waals surface area contributed by atoms with Crippen LogP contribution in [0.3, 0.4) is 0 Å². The van der Waals surface area contributed by atoms with Gasteiger partial charge >= 0.3 is 11.9 Å². The Kier molecular flexibility index (Phi) is 7.03.